The molecule has 0 aliphatic heterocycles. The molecular weight excluding hydrogens is 186 g/mol. The van der Waals surface area contributed by atoms with E-state index in [2.05, 4.69) is 58.8 Å². The molecule has 0 fully saturated rings. The fourth-order valence-electron chi connectivity index (χ4n) is 1.57. The van der Waals surface area contributed by atoms with E-state index in [-0.39, 0.29) is 5.54 Å². The molecule has 0 heterocycles. The standard InChI is InChI=1S/C12H27NSi/c1-7-14(8-2,9-3)11-10-13-12(4,5)6/h10-11,13H,7-9H2,1-6H3. The van der Waals surface area contributed by atoms with E-state index in [9.17, 15) is 0 Å². The van der Waals surface area contributed by atoms with Gasteiger partial charge in [0.05, 0.1) is 8.07 Å². The number of nitrogens with one attached hydrogen (secondary N) is 1. The van der Waals surface area contributed by atoms with Crippen LogP contribution in [0.4, 0.5) is 0 Å². The normalized spacial score (nSPS) is 13.6. The van der Waals surface area contributed by atoms with Crippen LogP contribution in [0.2, 0.25) is 18.1 Å². The molecule has 0 aliphatic carbocycles. The van der Waals surface area contributed by atoms with Crippen LogP contribution < -0.4 is 5.32 Å². The first kappa shape index (κ1) is 13.8. The van der Waals surface area contributed by atoms with E-state index in [0.29, 0.717) is 0 Å². The minimum absolute atomic E-state index is 0.200. The summed E-state index contributed by atoms with van der Waals surface area (Å²) in [5.41, 5.74) is 2.68. The van der Waals surface area contributed by atoms with E-state index in [4.69, 9.17) is 0 Å². The second-order valence-corrected chi connectivity index (χ2v) is 10.3. The molecule has 0 amide bonds. The molecule has 0 saturated carbocycles. The summed E-state index contributed by atoms with van der Waals surface area (Å²) < 4.78 is 0. The fourth-order valence-corrected chi connectivity index (χ4v) is 4.22. The van der Waals surface area contributed by atoms with Gasteiger partial charge in [-0.25, -0.2) is 0 Å². The SMILES string of the molecule is CC[Si](C=CNC(C)(C)C)(CC)CC. The van der Waals surface area contributed by atoms with Crippen LogP contribution >= 0.6 is 0 Å². The van der Waals surface area contributed by atoms with Crippen molar-refractivity contribution in [2.45, 2.75) is 65.2 Å². The number of hydrogen-bond donors (Lipinski definition) is 1. The Morgan fingerprint density at radius 3 is 1.71 bits per heavy atom. The van der Waals surface area contributed by atoms with E-state index in [0.717, 1.165) is 0 Å². The molecule has 0 spiro atoms. The lowest BCUT2D eigenvalue weighted by molar-refractivity contribution is 0.491. The Kier molecular flexibility index (Phi) is 5.50. The number of hydrogen-bond acceptors (Lipinski definition) is 1. The average molecular weight is 213 g/mol. The summed E-state index contributed by atoms with van der Waals surface area (Å²) >= 11 is 0. The highest BCUT2D eigenvalue weighted by Gasteiger charge is 2.22. The monoisotopic (exact) mass is 213 g/mol. The van der Waals surface area contributed by atoms with Gasteiger partial charge in [0.15, 0.2) is 0 Å². The van der Waals surface area contributed by atoms with Gasteiger partial charge in [0, 0.05) is 5.54 Å². The topological polar surface area (TPSA) is 12.0 Å². The first-order chi connectivity index (χ1) is 6.39. The van der Waals surface area contributed by atoms with E-state index in [1.165, 1.54) is 18.1 Å². The van der Waals surface area contributed by atoms with Crippen LogP contribution in [0.25, 0.3) is 0 Å². The maximum atomic E-state index is 3.43. The fraction of sp³-hybridized carbons (Fsp3) is 0.833. The van der Waals surface area contributed by atoms with Crippen LogP contribution in [-0.2, 0) is 0 Å². The van der Waals surface area contributed by atoms with Crippen molar-refractivity contribution in [2.75, 3.05) is 0 Å². The predicted molar refractivity (Wildman–Crippen MR) is 69.2 cm³/mol. The zero-order valence-corrected chi connectivity index (χ0v) is 11.8. The summed E-state index contributed by atoms with van der Waals surface area (Å²) in [5, 5.41) is 3.43. The highest BCUT2D eigenvalue weighted by Crippen LogP contribution is 2.21. The zero-order chi connectivity index (χ0) is 11.2. The third kappa shape index (κ3) is 4.84. The van der Waals surface area contributed by atoms with Crippen molar-refractivity contribution in [1.29, 1.82) is 0 Å². The van der Waals surface area contributed by atoms with Crippen LogP contribution in [-0.4, -0.2) is 13.6 Å². The second-order valence-electron chi connectivity index (χ2n) is 5.15. The third-order valence-corrected chi connectivity index (χ3v) is 8.16. The first-order valence-corrected chi connectivity index (χ1v) is 8.54. The molecular formula is C12H27NSi. The Morgan fingerprint density at radius 2 is 1.43 bits per heavy atom. The van der Waals surface area contributed by atoms with Crippen molar-refractivity contribution >= 4 is 8.07 Å². The zero-order valence-electron chi connectivity index (χ0n) is 10.8. The van der Waals surface area contributed by atoms with E-state index in [1.807, 2.05) is 0 Å². The Balaban J connectivity index is 4.30. The highest BCUT2D eigenvalue weighted by atomic mass is 28.3. The van der Waals surface area contributed by atoms with Gasteiger partial charge in [-0.15, -0.1) is 0 Å². The summed E-state index contributed by atoms with van der Waals surface area (Å²) in [6.07, 6.45) is 2.20. The van der Waals surface area contributed by atoms with Crippen molar-refractivity contribution in [3.63, 3.8) is 0 Å². The highest BCUT2D eigenvalue weighted by molar-refractivity contribution is 6.84. The smallest absolute Gasteiger partial charge is 0.0788 e. The second kappa shape index (κ2) is 5.59. The Bertz CT molecular complexity index is 167. The predicted octanol–water partition coefficient (Wildman–Crippen LogP) is 3.94. The van der Waals surface area contributed by atoms with Crippen LogP contribution in [0.1, 0.15) is 41.5 Å². The van der Waals surface area contributed by atoms with Gasteiger partial charge in [-0.05, 0) is 27.0 Å². The van der Waals surface area contributed by atoms with Crippen molar-refractivity contribution in [3.05, 3.63) is 11.9 Å². The van der Waals surface area contributed by atoms with Gasteiger partial charge in [-0.3, -0.25) is 0 Å². The molecule has 14 heavy (non-hydrogen) atoms. The van der Waals surface area contributed by atoms with Crippen molar-refractivity contribution in [3.8, 4) is 0 Å². The molecule has 84 valence electrons. The molecule has 1 nitrogen and oxygen atoms in total. The summed E-state index contributed by atoms with van der Waals surface area (Å²) in [5.74, 6) is 0. The average Bonchev–Trinajstić information content (AvgIpc) is 2.11. The van der Waals surface area contributed by atoms with Gasteiger partial charge in [-0.2, -0.15) is 0 Å². The van der Waals surface area contributed by atoms with Crippen LogP contribution in [0, 0.1) is 0 Å². The summed E-state index contributed by atoms with van der Waals surface area (Å²) in [6, 6.07) is 4.09. The largest absolute Gasteiger partial charge is 0.387 e. The van der Waals surface area contributed by atoms with Gasteiger partial charge in [-0.1, -0.05) is 44.6 Å². The van der Waals surface area contributed by atoms with Gasteiger partial charge < -0.3 is 5.32 Å². The Hall–Kier alpha value is -0.243. The molecule has 2 heteroatoms. The molecule has 0 radical (unpaired) electrons. The lowest BCUT2D eigenvalue weighted by Crippen LogP contribution is -2.34. The summed E-state index contributed by atoms with van der Waals surface area (Å²) in [6.45, 7) is 13.6. The summed E-state index contributed by atoms with van der Waals surface area (Å²) in [4.78, 5) is 0. The molecule has 0 saturated heterocycles. The van der Waals surface area contributed by atoms with Crippen LogP contribution in [0.5, 0.6) is 0 Å². The Morgan fingerprint density at radius 1 is 1.00 bits per heavy atom. The Labute approximate surface area is 91.0 Å². The van der Waals surface area contributed by atoms with Crippen LogP contribution in [0.15, 0.2) is 11.9 Å². The molecule has 0 aromatic rings. The van der Waals surface area contributed by atoms with Crippen molar-refractivity contribution in [1.82, 2.24) is 5.32 Å². The van der Waals surface area contributed by atoms with E-state index in [1.54, 1.807) is 0 Å². The van der Waals surface area contributed by atoms with Gasteiger partial charge >= 0.3 is 0 Å². The lowest BCUT2D eigenvalue weighted by atomic mass is 10.1. The van der Waals surface area contributed by atoms with E-state index < -0.39 is 8.07 Å². The van der Waals surface area contributed by atoms with Gasteiger partial charge in [0.1, 0.15) is 0 Å². The van der Waals surface area contributed by atoms with Gasteiger partial charge in [0.25, 0.3) is 0 Å². The van der Waals surface area contributed by atoms with Gasteiger partial charge in [0.2, 0.25) is 0 Å². The molecule has 0 aromatic carbocycles. The molecule has 0 aliphatic rings. The third-order valence-electron chi connectivity index (χ3n) is 3.07. The van der Waals surface area contributed by atoms with Crippen LogP contribution in [0.3, 0.4) is 0 Å². The molecule has 0 unspecified atom stereocenters. The molecule has 0 atom stereocenters. The molecule has 1 N–H and O–H groups in total. The maximum absolute atomic E-state index is 3.43. The first-order valence-electron chi connectivity index (χ1n) is 5.84. The maximum Gasteiger partial charge on any atom is 0.0788 e. The molecule has 0 rings (SSSR count). The minimum atomic E-state index is -1.06. The van der Waals surface area contributed by atoms with Crippen molar-refractivity contribution in [2.24, 2.45) is 0 Å². The van der Waals surface area contributed by atoms with E-state index >= 15 is 0 Å². The number of rotatable bonds is 5. The minimum Gasteiger partial charge on any atom is -0.387 e. The molecule has 0 aromatic heterocycles. The molecule has 0 bridgehead atoms. The summed E-state index contributed by atoms with van der Waals surface area (Å²) in [7, 11) is -1.06. The lowest BCUT2D eigenvalue weighted by Gasteiger charge is -2.25. The quantitative estimate of drug-likeness (QED) is 0.682. The van der Waals surface area contributed by atoms with Crippen molar-refractivity contribution < 1.29 is 0 Å².